The molecule has 4 nitrogen and oxygen atoms in total. The second-order valence-electron chi connectivity index (χ2n) is 6.23. The van der Waals surface area contributed by atoms with Crippen LogP contribution in [0.15, 0.2) is 46.2 Å². The monoisotopic (exact) mass is 411 g/mol. The summed E-state index contributed by atoms with van der Waals surface area (Å²) in [5.41, 5.74) is 2.15. The van der Waals surface area contributed by atoms with Gasteiger partial charge < -0.3 is 9.05 Å². The quantitative estimate of drug-likeness (QED) is 0.406. The molecule has 2 rings (SSSR count). The number of thioether (sulfide) groups is 2. The zero-order chi connectivity index (χ0) is 19.3. The largest absolute Gasteiger partial charge is 0.513 e. The second kappa shape index (κ2) is 9.23. The van der Waals surface area contributed by atoms with Gasteiger partial charge in [-0.3, -0.25) is 0 Å². The van der Waals surface area contributed by atoms with Crippen molar-refractivity contribution in [2.45, 2.75) is 43.5 Å². The third kappa shape index (κ3) is 5.71. The van der Waals surface area contributed by atoms with Crippen LogP contribution >= 0.6 is 31.3 Å². The van der Waals surface area contributed by atoms with Gasteiger partial charge in [0.25, 0.3) is 0 Å². The fourth-order valence-corrected chi connectivity index (χ4v) is 5.21. The van der Waals surface area contributed by atoms with E-state index in [-0.39, 0.29) is 6.04 Å². The first-order valence-corrected chi connectivity index (χ1v) is 12.3. The van der Waals surface area contributed by atoms with Gasteiger partial charge in [-0.15, -0.1) is 23.5 Å². The number of hydrogen-bond acceptors (Lipinski definition) is 5. The zero-order valence-corrected chi connectivity index (χ0v) is 18.6. The molecule has 0 atom stereocenters. The fourth-order valence-electron chi connectivity index (χ4n) is 2.48. The summed E-state index contributed by atoms with van der Waals surface area (Å²) in [5, 5.41) is 2.95. The maximum absolute atomic E-state index is 13.3. The lowest BCUT2D eigenvalue weighted by molar-refractivity contribution is 0.364. The third-order valence-corrected chi connectivity index (χ3v) is 7.13. The van der Waals surface area contributed by atoms with Crippen LogP contribution in [-0.4, -0.2) is 18.6 Å². The van der Waals surface area contributed by atoms with Gasteiger partial charge in [0, 0.05) is 15.8 Å². The van der Waals surface area contributed by atoms with Gasteiger partial charge in [-0.1, -0.05) is 0 Å². The Morgan fingerprint density at radius 2 is 1.31 bits per heavy atom. The normalized spacial score (nSPS) is 11.7. The molecule has 1 N–H and O–H groups in total. The molecular weight excluding hydrogens is 385 g/mol. The van der Waals surface area contributed by atoms with E-state index in [1.54, 1.807) is 23.5 Å². The Labute approximate surface area is 165 Å². The summed E-state index contributed by atoms with van der Waals surface area (Å²) in [7, 11) is -3.57. The van der Waals surface area contributed by atoms with Crippen LogP contribution in [0.1, 0.15) is 25.0 Å². The highest BCUT2D eigenvalue weighted by atomic mass is 32.2. The highest BCUT2D eigenvalue weighted by Gasteiger charge is 2.29. The van der Waals surface area contributed by atoms with Crippen LogP contribution in [-0.2, 0) is 4.57 Å². The predicted octanol–water partition coefficient (Wildman–Crippen LogP) is 6.31. The molecule has 0 bridgehead atoms. The standard InChI is InChI=1S/C19H26NO3PS2/c1-13(2)20-24(21,22-16-7-9-18(25-5)14(3)11-16)23-17-8-10-19(26-6)15(4)12-17/h7-13H,1-6H3,(H,20,21). The molecule has 0 aliphatic rings. The number of benzene rings is 2. The molecule has 0 amide bonds. The maximum atomic E-state index is 13.3. The van der Waals surface area contributed by atoms with Gasteiger partial charge in [0.1, 0.15) is 11.5 Å². The smallest absolute Gasteiger partial charge is 0.405 e. The Bertz CT molecular complexity index is 752. The average Bonchev–Trinajstić information content (AvgIpc) is 2.54. The van der Waals surface area contributed by atoms with E-state index in [0.717, 1.165) is 20.9 Å². The minimum Gasteiger partial charge on any atom is -0.405 e. The van der Waals surface area contributed by atoms with Gasteiger partial charge in [0.15, 0.2) is 0 Å². The Hall–Kier alpha value is -1.07. The first-order chi connectivity index (χ1) is 12.3. The molecule has 0 aromatic heterocycles. The van der Waals surface area contributed by atoms with Crippen LogP contribution in [0.3, 0.4) is 0 Å². The summed E-state index contributed by atoms with van der Waals surface area (Å²) < 4.78 is 24.9. The van der Waals surface area contributed by atoms with Gasteiger partial charge >= 0.3 is 7.75 Å². The molecule has 0 aliphatic heterocycles. The lowest BCUT2D eigenvalue weighted by atomic mass is 10.2. The van der Waals surface area contributed by atoms with Gasteiger partial charge in [0.2, 0.25) is 0 Å². The maximum Gasteiger partial charge on any atom is 0.513 e. The van der Waals surface area contributed by atoms with Crippen LogP contribution in [0.2, 0.25) is 0 Å². The molecule has 2 aromatic carbocycles. The van der Waals surface area contributed by atoms with Gasteiger partial charge in [0.05, 0.1) is 0 Å². The molecule has 0 spiro atoms. The molecule has 0 saturated heterocycles. The van der Waals surface area contributed by atoms with E-state index >= 15 is 0 Å². The lowest BCUT2D eigenvalue weighted by Gasteiger charge is -2.23. The van der Waals surface area contributed by atoms with Crippen LogP contribution in [0.4, 0.5) is 0 Å². The summed E-state index contributed by atoms with van der Waals surface area (Å²) in [4.78, 5) is 2.32. The molecule has 142 valence electrons. The van der Waals surface area contributed by atoms with Gasteiger partial charge in [-0.05, 0) is 87.7 Å². The van der Waals surface area contributed by atoms with Crippen molar-refractivity contribution in [3.63, 3.8) is 0 Å². The van der Waals surface area contributed by atoms with Crippen LogP contribution in [0.5, 0.6) is 11.5 Å². The van der Waals surface area contributed by atoms with E-state index in [9.17, 15) is 4.57 Å². The van der Waals surface area contributed by atoms with Crippen LogP contribution in [0, 0.1) is 13.8 Å². The van der Waals surface area contributed by atoms with E-state index in [0.29, 0.717) is 11.5 Å². The third-order valence-electron chi connectivity index (χ3n) is 3.60. The van der Waals surface area contributed by atoms with Crippen molar-refractivity contribution in [1.82, 2.24) is 5.09 Å². The van der Waals surface area contributed by atoms with Gasteiger partial charge in [-0.2, -0.15) is 5.09 Å². The topological polar surface area (TPSA) is 47.6 Å². The highest BCUT2D eigenvalue weighted by molar-refractivity contribution is 7.98. The van der Waals surface area contributed by atoms with E-state index in [1.165, 1.54) is 0 Å². The molecular formula is C19H26NO3PS2. The van der Waals surface area contributed by atoms with Crippen molar-refractivity contribution in [3.8, 4) is 11.5 Å². The summed E-state index contributed by atoms with van der Waals surface area (Å²) in [6, 6.07) is 11.3. The number of nitrogens with one attached hydrogen (secondary N) is 1. The Balaban J connectivity index is 2.28. The van der Waals surface area contributed by atoms with Gasteiger partial charge in [-0.25, -0.2) is 4.57 Å². The van der Waals surface area contributed by atoms with E-state index in [4.69, 9.17) is 9.05 Å². The van der Waals surface area contributed by atoms with E-state index in [2.05, 4.69) is 5.09 Å². The summed E-state index contributed by atoms with van der Waals surface area (Å²) in [6.45, 7) is 7.82. The molecule has 0 saturated carbocycles. The Morgan fingerprint density at radius 3 is 1.62 bits per heavy atom. The van der Waals surface area contributed by atoms with Crippen molar-refractivity contribution in [2.24, 2.45) is 0 Å². The second-order valence-corrected chi connectivity index (χ2v) is 9.54. The van der Waals surface area contributed by atoms with Crippen molar-refractivity contribution in [2.75, 3.05) is 12.5 Å². The highest BCUT2D eigenvalue weighted by Crippen LogP contribution is 2.46. The molecule has 0 aliphatic carbocycles. The van der Waals surface area contributed by atoms with Crippen molar-refractivity contribution in [1.29, 1.82) is 0 Å². The van der Waals surface area contributed by atoms with Crippen molar-refractivity contribution in [3.05, 3.63) is 47.5 Å². The zero-order valence-electron chi connectivity index (χ0n) is 16.0. The van der Waals surface area contributed by atoms with Crippen LogP contribution < -0.4 is 14.1 Å². The molecule has 0 heterocycles. The lowest BCUT2D eigenvalue weighted by Crippen LogP contribution is -2.25. The Morgan fingerprint density at radius 1 is 0.885 bits per heavy atom. The molecule has 26 heavy (non-hydrogen) atoms. The SMILES string of the molecule is CSc1ccc(OP(=O)(NC(C)C)Oc2ccc(SC)c(C)c2)cc1C. The summed E-state index contributed by atoms with van der Waals surface area (Å²) in [5.74, 6) is 1.04. The Kier molecular flexibility index (Phi) is 7.53. The molecule has 0 radical (unpaired) electrons. The predicted molar refractivity (Wildman–Crippen MR) is 113 cm³/mol. The number of rotatable bonds is 8. The molecule has 2 aromatic rings. The van der Waals surface area contributed by atoms with E-state index < -0.39 is 7.75 Å². The van der Waals surface area contributed by atoms with Crippen LogP contribution in [0.25, 0.3) is 0 Å². The number of aryl methyl sites for hydroxylation is 2. The van der Waals surface area contributed by atoms with Crippen molar-refractivity contribution >= 4 is 31.3 Å². The number of hydrogen-bond donors (Lipinski definition) is 1. The average molecular weight is 412 g/mol. The minimum atomic E-state index is -3.57. The molecule has 7 heteroatoms. The van der Waals surface area contributed by atoms with Crippen molar-refractivity contribution < 1.29 is 13.6 Å². The summed E-state index contributed by atoms with van der Waals surface area (Å²) in [6.07, 6.45) is 4.05. The molecule has 0 fully saturated rings. The first-order valence-electron chi connectivity index (χ1n) is 8.32. The summed E-state index contributed by atoms with van der Waals surface area (Å²) >= 11 is 3.33. The van der Waals surface area contributed by atoms with E-state index in [1.807, 2.05) is 76.6 Å². The molecule has 0 unspecified atom stereocenters. The first kappa shape index (κ1) is 21.2. The minimum absolute atomic E-state index is 0.0565. The fraction of sp³-hybridized carbons (Fsp3) is 0.368.